The standard InChI is InChI=1S/C23H17N3O5S/c27-20(28)12-19-21(29)25-23(32-19)26-24-13-14-5-3-8-16(11-14)31-22(30)18-10-4-7-15-6-1-2-9-17(15)18/h1-11,13,19H,12H2,(H,27,28)(H,25,26,29). The van der Waals surface area contributed by atoms with E-state index in [0.717, 1.165) is 22.5 Å². The van der Waals surface area contributed by atoms with Crippen LogP contribution < -0.4 is 10.1 Å². The van der Waals surface area contributed by atoms with Gasteiger partial charge in [-0.3, -0.25) is 9.59 Å². The Labute approximate surface area is 187 Å². The summed E-state index contributed by atoms with van der Waals surface area (Å²) in [5.41, 5.74) is 1.10. The van der Waals surface area contributed by atoms with Crippen molar-refractivity contribution in [3.05, 3.63) is 77.9 Å². The highest BCUT2D eigenvalue weighted by Gasteiger charge is 2.32. The SMILES string of the molecule is O=C(O)CC1SC(=NN=Cc2cccc(OC(=O)c3cccc4ccccc34)c2)NC1=O. The number of hydrogen-bond donors (Lipinski definition) is 2. The number of thioether (sulfide) groups is 1. The minimum Gasteiger partial charge on any atom is -0.481 e. The second-order valence-corrected chi connectivity index (χ2v) is 8.02. The number of hydrogen-bond acceptors (Lipinski definition) is 7. The van der Waals surface area contributed by atoms with Gasteiger partial charge in [0.15, 0.2) is 5.17 Å². The molecule has 32 heavy (non-hydrogen) atoms. The fraction of sp³-hybridized carbons (Fsp3) is 0.0870. The van der Waals surface area contributed by atoms with E-state index in [1.165, 1.54) is 6.21 Å². The number of carbonyl (C=O) groups is 3. The van der Waals surface area contributed by atoms with Crippen LogP contribution in [0.2, 0.25) is 0 Å². The Morgan fingerprint density at radius 3 is 2.72 bits per heavy atom. The summed E-state index contributed by atoms with van der Waals surface area (Å²) < 4.78 is 5.54. The lowest BCUT2D eigenvalue weighted by atomic mass is 10.0. The van der Waals surface area contributed by atoms with Gasteiger partial charge in [-0.25, -0.2) is 4.79 Å². The molecule has 0 aliphatic carbocycles. The number of carbonyl (C=O) groups excluding carboxylic acids is 2. The molecule has 9 heteroatoms. The molecule has 1 aliphatic rings. The highest BCUT2D eigenvalue weighted by atomic mass is 32.2. The summed E-state index contributed by atoms with van der Waals surface area (Å²) in [4.78, 5) is 35.2. The van der Waals surface area contributed by atoms with Crippen LogP contribution in [-0.4, -0.2) is 39.6 Å². The molecule has 4 rings (SSSR count). The normalized spacial score (nSPS) is 17.1. The van der Waals surface area contributed by atoms with Gasteiger partial charge < -0.3 is 15.2 Å². The number of carboxylic acid groups (broad SMARTS) is 1. The number of fused-ring (bicyclic) bond motifs is 1. The first-order chi connectivity index (χ1) is 15.5. The Balaban J connectivity index is 1.44. The van der Waals surface area contributed by atoms with Crippen LogP contribution >= 0.6 is 11.8 Å². The monoisotopic (exact) mass is 447 g/mol. The summed E-state index contributed by atoms with van der Waals surface area (Å²) in [5, 5.41) is 20.4. The van der Waals surface area contributed by atoms with Gasteiger partial charge in [0.25, 0.3) is 0 Å². The number of amides is 1. The van der Waals surface area contributed by atoms with Gasteiger partial charge in [0.2, 0.25) is 5.91 Å². The van der Waals surface area contributed by atoms with Crippen LogP contribution in [0.3, 0.4) is 0 Å². The third-order valence-corrected chi connectivity index (χ3v) is 5.64. The Kier molecular flexibility index (Phi) is 6.27. The molecule has 8 nitrogen and oxygen atoms in total. The molecule has 0 aromatic heterocycles. The van der Waals surface area contributed by atoms with Gasteiger partial charge in [0.1, 0.15) is 11.0 Å². The minimum atomic E-state index is -1.06. The Morgan fingerprint density at radius 1 is 1.09 bits per heavy atom. The average molecular weight is 447 g/mol. The van der Waals surface area contributed by atoms with E-state index in [4.69, 9.17) is 9.84 Å². The first kappa shape index (κ1) is 21.3. The quantitative estimate of drug-likeness (QED) is 0.259. The van der Waals surface area contributed by atoms with E-state index >= 15 is 0 Å². The Hall–Kier alpha value is -3.98. The third-order valence-electron chi connectivity index (χ3n) is 4.57. The number of aliphatic carboxylic acids is 1. The number of esters is 1. The van der Waals surface area contributed by atoms with Crippen LogP contribution in [-0.2, 0) is 9.59 Å². The van der Waals surface area contributed by atoms with Crippen LogP contribution in [0.25, 0.3) is 10.8 Å². The zero-order chi connectivity index (χ0) is 22.5. The van der Waals surface area contributed by atoms with E-state index in [-0.39, 0.29) is 11.6 Å². The Bertz CT molecular complexity index is 1270. The average Bonchev–Trinajstić information content (AvgIpc) is 3.12. The lowest BCUT2D eigenvalue weighted by Crippen LogP contribution is -2.26. The molecule has 3 aromatic rings. The van der Waals surface area contributed by atoms with Crippen molar-refractivity contribution in [2.24, 2.45) is 10.2 Å². The summed E-state index contributed by atoms with van der Waals surface area (Å²) in [6.45, 7) is 0. The minimum absolute atomic E-state index is 0.232. The van der Waals surface area contributed by atoms with Crippen molar-refractivity contribution in [3.8, 4) is 5.75 Å². The highest BCUT2D eigenvalue weighted by Crippen LogP contribution is 2.23. The second-order valence-electron chi connectivity index (χ2n) is 6.83. The van der Waals surface area contributed by atoms with Crippen LogP contribution in [0.15, 0.2) is 76.9 Å². The molecule has 2 N–H and O–H groups in total. The van der Waals surface area contributed by atoms with E-state index in [9.17, 15) is 14.4 Å². The first-order valence-corrected chi connectivity index (χ1v) is 10.5. The molecule has 1 heterocycles. The zero-order valence-electron chi connectivity index (χ0n) is 16.6. The number of carboxylic acids is 1. The predicted molar refractivity (Wildman–Crippen MR) is 122 cm³/mol. The fourth-order valence-electron chi connectivity index (χ4n) is 3.12. The van der Waals surface area contributed by atoms with Gasteiger partial charge in [0.05, 0.1) is 18.2 Å². The molecule has 0 radical (unpaired) electrons. The number of benzene rings is 3. The Morgan fingerprint density at radius 2 is 1.88 bits per heavy atom. The lowest BCUT2D eigenvalue weighted by Gasteiger charge is -2.07. The highest BCUT2D eigenvalue weighted by molar-refractivity contribution is 8.15. The van der Waals surface area contributed by atoms with Crippen LogP contribution in [0, 0.1) is 0 Å². The van der Waals surface area contributed by atoms with Crippen LogP contribution in [0.5, 0.6) is 5.75 Å². The van der Waals surface area contributed by atoms with Crippen molar-refractivity contribution in [1.29, 1.82) is 0 Å². The first-order valence-electron chi connectivity index (χ1n) is 9.60. The third kappa shape index (κ3) is 5.01. The lowest BCUT2D eigenvalue weighted by molar-refractivity contribution is -0.138. The molecular weight excluding hydrogens is 430 g/mol. The van der Waals surface area contributed by atoms with E-state index < -0.39 is 23.1 Å². The molecule has 0 saturated carbocycles. The number of amidine groups is 1. The van der Waals surface area contributed by atoms with Gasteiger partial charge in [-0.1, -0.05) is 60.3 Å². The molecule has 1 amide bonds. The van der Waals surface area contributed by atoms with Crippen molar-refractivity contribution in [1.82, 2.24) is 5.32 Å². The predicted octanol–water partition coefficient (Wildman–Crippen LogP) is 3.46. The zero-order valence-corrected chi connectivity index (χ0v) is 17.4. The van der Waals surface area contributed by atoms with E-state index in [1.807, 2.05) is 36.4 Å². The molecule has 0 bridgehead atoms. The molecule has 1 aliphatic heterocycles. The van der Waals surface area contributed by atoms with E-state index in [2.05, 4.69) is 15.5 Å². The molecule has 1 fully saturated rings. The maximum absolute atomic E-state index is 12.7. The fourth-order valence-corrected chi connectivity index (χ4v) is 4.03. The molecular formula is C23H17N3O5S. The van der Waals surface area contributed by atoms with Crippen LogP contribution in [0.1, 0.15) is 22.3 Å². The number of ether oxygens (including phenoxy) is 1. The summed E-state index contributed by atoms with van der Waals surface area (Å²) in [6, 6.07) is 19.8. The molecule has 0 spiro atoms. The van der Waals surface area contributed by atoms with Gasteiger partial charge in [-0.15, -0.1) is 5.10 Å². The van der Waals surface area contributed by atoms with Gasteiger partial charge in [-0.2, -0.15) is 5.10 Å². The van der Waals surface area contributed by atoms with Gasteiger partial charge in [-0.05, 0) is 34.5 Å². The number of rotatable bonds is 6. The van der Waals surface area contributed by atoms with Gasteiger partial charge in [0, 0.05) is 0 Å². The van der Waals surface area contributed by atoms with Crippen molar-refractivity contribution >= 4 is 51.8 Å². The number of nitrogens with zero attached hydrogens (tertiary/aromatic N) is 2. The summed E-state index contributed by atoms with van der Waals surface area (Å²) >= 11 is 1.02. The van der Waals surface area contributed by atoms with Crippen molar-refractivity contribution in [2.75, 3.05) is 0 Å². The van der Waals surface area contributed by atoms with Crippen LogP contribution in [0.4, 0.5) is 0 Å². The maximum atomic E-state index is 12.7. The smallest absolute Gasteiger partial charge is 0.344 e. The molecule has 1 unspecified atom stereocenters. The van der Waals surface area contributed by atoms with Crippen molar-refractivity contribution in [2.45, 2.75) is 11.7 Å². The molecule has 3 aromatic carbocycles. The topological polar surface area (TPSA) is 117 Å². The number of nitrogens with one attached hydrogen (secondary N) is 1. The van der Waals surface area contributed by atoms with Gasteiger partial charge >= 0.3 is 11.9 Å². The molecule has 1 saturated heterocycles. The summed E-state index contributed by atoms with van der Waals surface area (Å²) in [5.74, 6) is -1.58. The maximum Gasteiger partial charge on any atom is 0.344 e. The molecule has 160 valence electrons. The largest absolute Gasteiger partial charge is 0.481 e. The summed E-state index contributed by atoms with van der Waals surface area (Å²) in [7, 11) is 0. The van der Waals surface area contributed by atoms with E-state index in [0.29, 0.717) is 16.9 Å². The molecule has 1 atom stereocenters. The van der Waals surface area contributed by atoms with E-state index in [1.54, 1.807) is 30.3 Å². The van der Waals surface area contributed by atoms with Crippen molar-refractivity contribution < 1.29 is 24.2 Å². The van der Waals surface area contributed by atoms with Crippen molar-refractivity contribution in [3.63, 3.8) is 0 Å². The summed E-state index contributed by atoms with van der Waals surface area (Å²) in [6.07, 6.45) is 1.16. The second kappa shape index (κ2) is 9.44.